The molecule has 0 atom stereocenters. The Labute approximate surface area is 261 Å². The number of rotatable bonds is 8. The first-order valence-corrected chi connectivity index (χ1v) is 14.9. The minimum atomic E-state index is -4.76. The van der Waals surface area contributed by atoms with Gasteiger partial charge in [-0.3, -0.25) is 9.69 Å². The quantitative estimate of drug-likeness (QED) is 0.221. The van der Waals surface area contributed by atoms with Crippen LogP contribution in [0.1, 0.15) is 36.5 Å². The van der Waals surface area contributed by atoms with Gasteiger partial charge in [-0.25, -0.2) is 14.5 Å². The monoisotopic (exact) mass is 634 g/mol. The fraction of sp³-hybridized carbons (Fsp3) is 0.219. The molecule has 45 heavy (non-hydrogen) atoms. The topological polar surface area (TPSA) is 102 Å². The van der Waals surface area contributed by atoms with Crippen molar-refractivity contribution in [3.05, 3.63) is 95.8 Å². The van der Waals surface area contributed by atoms with Crippen molar-refractivity contribution in [3.8, 4) is 22.8 Å². The summed E-state index contributed by atoms with van der Waals surface area (Å²) in [6, 6.07) is 18.1. The van der Waals surface area contributed by atoms with Crippen molar-refractivity contribution in [2.45, 2.75) is 33.1 Å². The number of thioether (sulfide) groups is 1. The van der Waals surface area contributed by atoms with Crippen molar-refractivity contribution in [1.82, 2.24) is 20.1 Å². The number of nitrogens with zero attached hydrogens (tertiary/aromatic N) is 5. The molecule has 1 aliphatic heterocycles. The van der Waals surface area contributed by atoms with E-state index in [1.807, 2.05) is 55.5 Å². The number of hydrogen-bond donors (Lipinski definition) is 1. The number of carbonyl (C=O) groups excluding carboxylic acids is 2. The minimum Gasteiger partial charge on any atom is -0.406 e. The molecule has 1 saturated heterocycles. The summed E-state index contributed by atoms with van der Waals surface area (Å²) in [7, 11) is 0. The largest absolute Gasteiger partial charge is 0.573 e. The standard InChI is InChI=1S/C32H29F3N6O3S/c1-20(2)26-15-6-21(3)17-27(26)41-28(42)18-45-31(41)38-30(43)36-16-4-5-22-7-9-23(10-8-22)29-37-19-40(39-29)24-11-13-25(14-12-24)44-32(33,34)35/h4-15,17,19-20H,16,18H2,1-3H3,(H,36,43)/b5-4+,38-31-. The Hall–Kier alpha value is -4.91. The molecular weight excluding hydrogens is 605 g/mol. The van der Waals surface area contributed by atoms with Crippen LogP contribution >= 0.6 is 11.8 Å². The highest BCUT2D eigenvalue weighted by Gasteiger charge is 2.33. The van der Waals surface area contributed by atoms with E-state index in [4.69, 9.17) is 0 Å². The van der Waals surface area contributed by atoms with Gasteiger partial charge >= 0.3 is 12.4 Å². The second-order valence-electron chi connectivity index (χ2n) is 10.4. The SMILES string of the molecule is Cc1ccc(C(C)C)c(N2C(=O)CS/C2=N\C(=O)NC/C=C/c2ccc(-c3ncn(-c4ccc(OC(F)(F)F)cc4)n3)cc2)c1. The van der Waals surface area contributed by atoms with E-state index in [1.54, 1.807) is 6.08 Å². The number of aromatic nitrogens is 3. The minimum absolute atomic E-state index is 0.113. The van der Waals surface area contributed by atoms with Crippen LogP contribution in [0.5, 0.6) is 5.75 Å². The second-order valence-corrected chi connectivity index (χ2v) is 11.3. The summed E-state index contributed by atoms with van der Waals surface area (Å²) in [5.74, 6) is 0.418. The maximum absolute atomic E-state index is 12.7. The Balaban J connectivity index is 1.17. The molecule has 1 fully saturated rings. The van der Waals surface area contributed by atoms with Gasteiger partial charge in [0.1, 0.15) is 12.1 Å². The highest BCUT2D eigenvalue weighted by molar-refractivity contribution is 8.15. The summed E-state index contributed by atoms with van der Waals surface area (Å²) < 4.78 is 42.5. The van der Waals surface area contributed by atoms with E-state index < -0.39 is 12.4 Å². The van der Waals surface area contributed by atoms with Gasteiger partial charge in [-0.15, -0.1) is 18.3 Å². The number of alkyl halides is 3. The van der Waals surface area contributed by atoms with Gasteiger partial charge in [-0.05, 0) is 59.9 Å². The predicted octanol–water partition coefficient (Wildman–Crippen LogP) is 7.12. The summed E-state index contributed by atoms with van der Waals surface area (Å²) in [6.45, 7) is 6.31. The highest BCUT2D eigenvalue weighted by atomic mass is 32.2. The Morgan fingerprint density at radius 2 is 1.84 bits per heavy atom. The number of aryl methyl sites for hydroxylation is 1. The molecule has 2 heterocycles. The fourth-order valence-electron chi connectivity index (χ4n) is 4.55. The average molecular weight is 635 g/mol. The van der Waals surface area contributed by atoms with E-state index in [9.17, 15) is 22.8 Å². The lowest BCUT2D eigenvalue weighted by molar-refractivity contribution is -0.274. The third-order valence-corrected chi connectivity index (χ3v) is 7.61. The number of anilines is 1. The van der Waals surface area contributed by atoms with Crippen molar-refractivity contribution in [2.75, 3.05) is 17.2 Å². The van der Waals surface area contributed by atoms with Gasteiger partial charge < -0.3 is 10.1 Å². The van der Waals surface area contributed by atoms with Crippen molar-refractivity contribution >= 4 is 40.6 Å². The van der Waals surface area contributed by atoms with Crippen molar-refractivity contribution in [1.29, 1.82) is 0 Å². The molecule has 0 radical (unpaired) electrons. The van der Waals surface area contributed by atoms with Crippen molar-refractivity contribution < 1.29 is 27.5 Å². The van der Waals surface area contributed by atoms with Crippen LogP contribution in [0.25, 0.3) is 23.2 Å². The van der Waals surface area contributed by atoms with Crippen molar-refractivity contribution in [3.63, 3.8) is 0 Å². The summed E-state index contributed by atoms with van der Waals surface area (Å²) in [6.07, 6.45) is 0.341. The smallest absolute Gasteiger partial charge is 0.406 e. The van der Waals surface area contributed by atoms with Gasteiger partial charge in [-0.1, -0.05) is 74.2 Å². The molecule has 5 rings (SSSR count). The van der Waals surface area contributed by atoms with Gasteiger partial charge in [0, 0.05) is 12.1 Å². The van der Waals surface area contributed by atoms with Crippen LogP contribution < -0.4 is 15.0 Å². The van der Waals surface area contributed by atoms with Gasteiger partial charge in [0.2, 0.25) is 5.91 Å². The maximum Gasteiger partial charge on any atom is 0.573 e. The van der Waals surface area contributed by atoms with Crippen LogP contribution in [0.3, 0.4) is 0 Å². The van der Waals surface area contributed by atoms with E-state index in [0.29, 0.717) is 16.7 Å². The highest BCUT2D eigenvalue weighted by Crippen LogP contribution is 2.34. The zero-order valence-corrected chi connectivity index (χ0v) is 25.4. The number of hydrogen-bond acceptors (Lipinski definition) is 6. The first-order chi connectivity index (χ1) is 21.5. The van der Waals surface area contributed by atoms with E-state index in [0.717, 1.165) is 27.9 Å². The van der Waals surface area contributed by atoms with Crippen LogP contribution in [0, 0.1) is 6.92 Å². The van der Waals surface area contributed by atoms with Crippen LogP contribution in [0.15, 0.2) is 84.1 Å². The molecule has 1 aliphatic rings. The number of urea groups is 1. The fourth-order valence-corrected chi connectivity index (χ4v) is 5.41. The molecule has 3 aromatic carbocycles. The van der Waals surface area contributed by atoms with Gasteiger partial charge in [0.25, 0.3) is 0 Å². The first-order valence-electron chi connectivity index (χ1n) is 13.9. The average Bonchev–Trinajstić information content (AvgIpc) is 3.62. The number of nitrogens with one attached hydrogen (secondary N) is 1. The number of amidine groups is 1. The molecule has 0 spiro atoms. The van der Waals surface area contributed by atoms with E-state index in [1.165, 1.54) is 51.9 Å². The summed E-state index contributed by atoms with van der Waals surface area (Å²) in [5.41, 5.74) is 4.92. The molecule has 0 aliphatic carbocycles. The third-order valence-electron chi connectivity index (χ3n) is 6.69. The number of benzene rings is 3. The Morgan fingerprint density at radius 3 is 2.53 bits per heavy atom. The first kappa shape index (κ1) is 31.5. The lowest BCUT2D eigenvalue weighted by Crippen LogP contribution is -2.32. The zero-order chi connectivity index (χ0) is 32.1. The van der Waals surface area contributed by atoms with Crippen LogP contribution in [-0.4, -0.2) is 50.5 Å². The Kier molecular flexibility index (Phi) is 9.37. The number of carbonyl (C=O) groups is 2. The van der Waals surface area contributed by atoms with Gasteiger partial charge in [-0.2, -0.15) is 4.99 Å². The molecule has 3 amide bonds. The zero-order valence-electron chi connectivity index (χ0n) is 24.6. The summed E-state index contributed by atoms with van der Waals surface area (Å²) in [4.78, 5) is 35.4. The van der Waals surface area contributed by atoms with Crippen LogP contribution in [0.4, 0.5) is 23.7 Å². The number of amides is 3. The molecular formula is C32H29F3N6O3S. The Morgan fingerprint density at radius 1 is 1.11 bits per heavy atom. The molecule has 0 unspecified atom stereocenters. The van der Waals surface area contributed by atoms with E-state index >= 15 is 0 Å². The third kappa shape index (κ3) is 7.98. The summed E-state index contributed by atoms with van der Waals surface area (Å²) in [5, 5.41) is 7.50. The molecule has 9 nitrogen and oxygen atoms in total. The molecule has 0 saturated carbocycles. The molecule has 1 aromatic heterocycles. The molecule has 0 bridgehead atoms. The van der Waals surface area contributed by atoms with E-state index in [-0.39, 0.29) is 29.9 Å². The molecule has 232 valence electrons. The predicted molar refractivity (Wildman–Crippen MR) is 169 cm³/mol. The maximum atomic E-state index is 12.7. The number of aliphatic imine (C=N–C) groups is 1. The van der Waals surface area contributed by atoms with E-state index in [2.05, 4.69) is 39.0 Å². The lowest BCUT2D eigenvalue weighted by atomic mass is 9.99. The van der Waals surface area contributed by atoms with Crippen LogP contribution in [-0.2, 0) is 4.79 Å². The molecule has 13 heteroatoms. The Bertz CT molecular complexity index is 1750. The van der Waals surface area contributed by atoms with Crippen molar-refractivity contribution in [2.24, 2.45) is 4.99 Å². The second kappa shape index (κ2) is 13.4. The molecule has 1 N–H and O–H groups in total. The summed E-state index contributed by atoms with van der Waals surface area (Å²) >= 11 is 1.24. The van der Waals surface area contributed by atoms with Gasteiger partial charge in [0.15, 0.2) is 11.0 Å². The van der Waals surface area contributed by atoms with Gasteiger partial charge in [0.05, 0.1) is 17.1 Å². The number of ether oxygens (including phenoxy) is 1. The molecule has 4 aromatic rings. The normalized spacial score (nSPS) is 14.6. The number of halogens is 3. The lowest BCUT2D eigenvalue weighted by Gasteiger charge is -2.22. The van der Waals surface area contributed by atoms with Crippen LogP contribution in [0.2, 0.25) is 0 Å².